The Morgan fingerprint density at radius 3 is 2.63 bits per heavy atom. The van der Waals surface area contributed by atoms with Crippen LogP contribution in [0.1, 0.15) is 9.67 Å². The summed E-state index contributed by atoms with van der Waals surface area (Å²) >= 11 is 0.913. The molecule has 4 nitrogen and oxygen atoms in total. The maximum Gasteiger partial charge on any atom is 0.387 e. The van der Waals surface area contributed by atoms with Crippen LogP contribution < -0.4 is 10.5 Å². The molecule has 7 heteroatoms. The third-order valence-electron chi connectivity index (χ3n) is 2.32. The van der Waals surface area contributed by atoms with Crippen molar-refractivity contribution in [3.05, 3.63) is 35.2 Å². The fourth-order valence-corrected chi connectivity index (χ4v) is 2.52. The van der Waals surface area contributed by atoms with Crippen LogP contribution in [-0.4, -0.2) is 17.7 Å². The first-order valence-corrected chi connectivity index (χ1v) is 5.97. The molecule has 0 atom stereocenters. The predicted octanol–water partition coefficient (Wildman–Crippen LogP) is 3.30. The monoisotopic (exact) mass is 285 g/mol. The number of carboxylic acids is 1. The van der Waals surface area contributed by atoms with Crippen molar-refractivity contribution in [1.29, 1.82) is 0 Å². The zero-order valence-corrected chi connectivity index (χ0v) is 10.3. The van der Waals surface area contributed by atoms with E-state index in [9.17, 15) is 13.6 Å². The number of halogens is 2. The Morgan fingerprint density at radius 1 is 1.37 bits per heavy atom. The third kappa shape index (κ3) is 2.82. The molecule has 100 valence electrons. The number of hydrogen-bond donors (Lipinski definition) is 2. The molecule has 0 bridgehead atoms. The standard InChI is InChI=1S/C12H9F2NO3S/c13-12(14)18-8-4-2-1-3-6(8)9-5-7(15)10(19-9)11(16)17/h1-5,12H,15H2,(H,16,17). The Hall–Kier alpha value is -2.15. The highest BCUT2D eigenvalue weighted by Gasteiger charge is 2.17. The molecule has 0 spiro atoms. The molecule has 0 aliphatic heterocycles. The average Bonchev–Trinajstić information content (AvgIpc) is 2.71. The second-order valence-corrected chi connectivity index (χ2v) is 4.63. The van der Waals surface area contributed by atoms with Crippen LogP contribution in [0.5, 0.6) is 5.75 Å². The van der Waals surface area contributed by atoms with Gasteiger partial charge in [0, 0.05) is 10.4 Å². The molecule has 0 aliphatic rings. The molecule has 0 saturated heterocycles. The molecular formula is C12H9F2NO3S. The van der Waals surface area contributed by atoms with Crippen LogP contribution in [0.4, 0.5) is 14.5 Å². The van der Waals surface area contributed by atoms with Crippen molar-refractivity contribution in [2.24, 2.45) is 0 Å². The lowest BCUT2D eigenvalue weighted by Crippen LogP contribution is -2.02. The van der Waals surface area contributed by atoms with Gasteiger partial charge in [0.1, 0.15) is 10.6 Å². The van der Waals surface area contributed by atoms with Gasteiger partial charge in [-0.1, -0.05) is 12.1 Å². The van der Waals surface area contributed by atoms with E-state index in [1.165, 1.54) is 12.1 Å². The van der Waals surface area contributed by atoms with Crippen LogP contribution in [0.25, 0.3) is 10.4 Å². The van der Waals surface area contributed by atoms with Gasteiger partial charge in [-0.15, -0.1) is 11.3 Å². The second-order valence-electron chi connectivity index (χ2n) is 3.57. The fourth-order valence-electron chi connectivity index (χ4n) is 1.57. The lowest BCUT2D eigenvalue weighted by atomic mass is 10.1. The van der Waals surface area contributed by atoms with Crippen molar-refractivity contribution in [2.75, 3.05) is 5.73 Å². The van der Waals surface area contributed by atoms with Crippen molar-refractivity contribution in [2.45, 2.75) is 6.61 Å². The van der Waals surface area contributed by atoms with Crippen molar-refractivity contribution in [3.63, 3.8) is 0 Å². The summed E-state index contributed by atoms with van der Waals surface area (Å²) in [5, 5.41) is 8.92. The van der Waals surface area contributed by atoms with Crippen LogP contribution in [0.15, 0.2) is 30.3 Å². The van der Waals surface area contributed by atoms with E-state index in [0.717, 1.165) is 11.3 Å². The Morgan fingerprint density at radius 2 is 2.05 bits per heavy atom. The first kappa shape index (κ1) is 13.3. The van der Waals surface area contributed by atoms with Crippen molar-refractivity contribution >= 4 is 23.0 Å². The van der Waals surface area contributed by atoms with Gasteiger partial charge in [-0.25, -0.2) is 4.79 Å². The molecule has 19 heavy (non-hydrogen) atoms. The summed E-state index contributed by atoms with van der Waals surface area (Å²) in [6.45, 7) is -2.95. The van der Waals surface area contributed by atoms with Gasteiger partial charge in [-0.05, 0) is 18.2 Å². The molecule has 1 heterocycles. The number of alkyl halides is 2. The number of carbonyl (C=O) groups is 1. The summed E-state index contributed by atoms with van der Waals surface area (Å²) in [7, 11) is 0. The maximum absolute atomic E-state index is 12.3. The van der Waals surface area contributed by atoms with Crippen molar-refractivity contribution < 1.29 is 23.4 Å². The Bertz CT molecular complexity index is 613. The Kier molecular flexibility index (Phi) is 3.66. The van der Waals surface area contributed by atoms with Crippen LogP contribution in [-0.2, 0) is 0 Å². The summed E-state index contributed by atoms with van der Waals surface area (Å²) in [5.41, 5.74) is 6.05. The average molecular weight is 285 g/mol. The van der Waals surface area contributed by atoms with E-state index in [2.05, 4.69) is 4.74 Å². The van der Waals surface area contributed by atoms with Crippen molar-refractivity contribution in [1.82, 2.24) is 0 Å². The van der Waals surface area contributed by atoms with E-state index < -0.39 is 12.6 Å². The molecule has 0 fully saturated rings. The zero-order valence-electron chi connectivity index (χ0n) is 9.47. The Labute approximate surface area is 111 Å². The SMILES string of the molecule is Nc1cc(-c2ccccc2OC(F)F)sc1C(=O)O. The summed E-state index contributed by atoms with van der Waals surface area (Å²) in [4.78, 5) is 11.3. The number of thiophene rings is 1. The molecule has 1 aromatic heterocycles. The molecule has 0 unspecified atom stereocenters. The number of benzene rings is 1. The van der Waals surface area contributed by atoms with Crippen LogP contribution in [0.3, 0.4) is 0 Å². The lowest BCUT2D eigenvalue weighted by molar-refractivity contribution is -0.0494. The summed E-state index contributed by atoms with van der Waals surface area (Å²) in [6.07, 6.45) is 0. The molecule has 0 radical (unpaired) electrons. The van der Waals surface area contributed by atoms with Gasteiger partial charge >= 0.3 is 12.6 Å². The highest BCUT2D eigenvalue weighted by Crippen LogP contribution is 2.38. The first-order valence-electron chi connectivity index (χ1n) is 5.16. The minimum absolute atomic E-state index is 0.0179. The topological polar surface area (TPSA) is 72.5 Å². The van der Waals surface area contributed by atoms with Crippen molar-refractivity contribution in [3.8, 4) is 16.2 Å². The number of aromatic carboxylic acids is 1. The third-order valence-corrected chi connectivity index (χ3v) is 3.50. The highest BCUT2D eigenvalue weighted by atomic mass is 32.1. The van der Waals surface area contributed by atoms with Gasteiger partial charge in [0.05, 0.1) is 5.69 Å². The van der Waals surface area contributed by atoms with Gasteiger partial charge in [-0.2, -0.15) is 8.78 Å². The number of nitrogens with two attached hydrogens (primary N) is 1. The molecule has 0 amide bonds. The summed E-state index contributed by atoms with van der Waals surface area (Å²) in [6, 6.07) is 7.58. The number of carboxylic acid groups (broad SMARTS) is 1. The van der Waals surface area contributed by atoms with Gasteiger partial charge in [0.15, 0.2) is 0 Å². The number of anilines is 1. The Balaban J connectivity index is 2.47. The number of nitrogen functional groups attached to an aromatic ring is 1. The molecule has 2 rings (SSSR count). The van der Waals surface area contributed by atoms with Crippen LogP contribution in [0, 0.1) is 0 Å². The lowest BCUT2D eigenvalue weighted by Gasteiger charge is -2.08. The predicted molar refractivity (Wildman–Crippen MR) is 67.8 cm³/mol. The van der Waals surface area contributed by atoms with E-state index in [-0.39, 0.29) is 16.3 Å². The second kappa shape index (κ2) is 5.23. The van der Waals surface area contributed by atoms with Gasteiger partial charge in [0.2, 0.25) is 0 Å². The molecule has 3 N–H and O–H groups in total. The van der Waals surface area contributed by atoms with Gasteiger partial charge in [0.25, 0.3) is 0 Å². The smallest absolute Gasteiger partial charge is 0.387 e. The number of hydrogen-bond acceptors (Lipinski definition) is 4. The number of para-hydroxylation sites is 1. The summed E-state index contributed by atoms with van der Waals surface area (Å²) in [5.74, 6) is -1.17. The van der Waals surface area contributed by atoms with Gasteiger partial charge in [-0.3, -0.25) is 0 Å². The quantitative estimate of drug-likeness (QED) is 0.904. The molecule has 0 aliphatic carbocycles. The minimum Gasteiger partial charge on any atom is -0.477 e. The number of rotatable bonds is 4. The van der Waals surface area contributed by atoms with Crippen LogP contribution in [0.2, 0.25) is 0 Å². The molecule has 2 aromatic rings. The van der Waals surface area contributed by atoms with Gasteiger partial charge < -0.3 is 15.6 Å². The van der Waals surface area contributed by atoms with E-state index in [0.29, 0.717) is 10.4 Å². The molecule has 0 saturated carbocycles. The highest BCUT2D eigenvalue weighted by molar-refractivity contribution is 7.18. The maximum atomic E-state index is 12.3. The molecule has 1 aromatic carbocycles. The minimum atomic E-state index is -2.95. The van der Waals surface area contributed by atoms with E-state index in [1.54, 1.807) is 18.2 Å². The summed E-state index contributed by atoms with van der Waals surface area (Å²) < 4.78 is 29.0. The fraction of sp³-hybridized carbons (Fsp3) is 0.0833. The molecular weight excluding hydrogens is 276 g/mol. The number of ether oxygens (including phenoxy) is 1. The normalized spacial score (nSPS) is 10.7. The zero-order chi connectivity index (χ0) is 14.0. The van der Waals surface area contributed by atoms with Crippen LogP contribution >= 0.6 is 11.3 Å². The van der Waals surface area contributed by atoms with E-state index in [4.69, 9.17) is 10.8 Å². The van der Waals surface area contributed by atoms with E-state index >= 15 is 0 Å². The van der Waals surface area contributed by atoms with E-state index in [1.807, 2.05) is 0 Å². The largest absolute Gasteiger partial charge is 0.477 e. The first-order chi connectivity index (χ1) is 8.99.